The summed E-state index contributed by atoms with van der Waals surface area (Å²) in [6.07, 6.45) is -0.813. The molecule has 0 radical (unpaired) electrons. The van der Waals surface area contributed by atoms with Crippen molar-refractivity contribution in [2.45, 2.75) is 51.7 Å². The first kappa shape index (κ1) is 23.1. The smallest absolute Gasteiger partial charge is 0.419 e. The quantitative estimate of drug-likeness (QED) is 0.593. The second-order valence-corrected chi connectivity index (χ2v) is 8.94. The molecular weight excluding hydrogens is 407 g/mol. The van der Waals surface area contributed by atoms with E-state index in [-0.39, 0.29) is 24.2 Å². The van der Waals surface area contributed by atoms with Crippen LogP contribution in [0.2, 0.25) is 0 Å². The predicted molar refractivity (Wildman–Crippen MR) is 114 cm³/mol. The van der Waals surface area contributed by atoms with Gasteiger partial charge in [0, 0.05) is 17.7 Å². The molecule has 31 heavy (non-hydrogen) atoms. The maximum absolute atomic E-state index is 13.7. The predicted octanol–water partition coefficient (Wildman–Crippen LogP) is 5.26. The third kappa shape index (κ3) is 6.43. The number of alkyl halides is 3. The Morgan fingerprint density at radius 3 is 2.52 bits per heavy atom. The minimum Gasteiger partial charge on any atom is -0.491 e. The van der Waals surface area contributed by atoms with Crippen molar-refractivity contribution < 1.29 is 22.7 Å². The van der Waals surface area contributed by atoms with E-state index in [9.17, 15) is 18.0 Å². The summed E-state index contributed by atoms with van der Waals surface area (Å²) in [5, 5.41) is 2.71. The highest BCUT2D eigenvalue weighted by molar-refractivity contribution is 5.93. The summed E-state index contributed by atoms with van der Waals surface area (Å²) in [6.45, 7) is 5.73. The molecule has 0 spiro atoms. The summed E-state index contributed by atoms with van der Waals surface area (Å²) in [4.78, 5) is 16.0. The van der Waals surface area contributed by atoms with E-state index in [1.807, 2.05) is 13.8 Å². The number of benzene rings is 1. The summed E-state index contributed by atoms with van der Waals surface area (Å²) >= 11 is 0. The van der Waals surface area contributed by atoms with Gasteiger partial charge in [-0.1, -0.05) is 19.9 Å². The van der Waals surface area contributed by atoms with Gasteiger partial charge in [-0.25, -0.2) is 4.98 Å². The number of nitrogens with zero attached hydrogens (tertiary/aromatic N) is 1. The average molecular weight is 435 g/mol. The molecule has 1 aromatic heterocycles. The van der Waals surface area contributed by atoms with Crippen molar-refractivity contribution in [3.63, 3.8) is 0 Å². The van der Waals surface area contributed by atoms with E-state index in [0.717, 1.165) is 18.9 Å². The zero-order valence-electron chi connectivity index (χ0n) is 17.9. The summed E-state index contributed by atoms with van der Waals surface area (Å²) in [5.41, 5.74) is 5.43. The molecule has 2 aromatic rings. The minimum atomic E-state index is -4.59. The van der Waals surface area contributed by atoms with Crippen molar-refractivity contribution in [1.29, 1.82) is 0 Å². The van der Waals surface area contributed by atoms with Crippen molar-refractivity contribution in [3.05, 3.63) is 42.1 Å². The molecule has 1 aliphatic rings. The molecule has 0 aliphatic heterocycles. The summed E-state index contributed by atoms with van der Waals surface area (Å²) in [5.74, 6) is 0.242. The molecule has 1 amide bonds. The first-order valence-electron chi connectivity index (χ1n) is 10.3. The number of halogens is 3. The number of nitrogens with two attached hydrogens (primary N) is 1. The number of carbonyl (C=O) groups is 1. The molecule has 3 N–H and O–H groups in total. The second-order valence-electron chi connectivity index (χ2n) is 8.94. The van der Waals surface area contributed by atoms with Crippen LogP contribution in [0.5, 0.6) is 5.75 Å². The molecule has 0 bridgehead atoms. The van der Waals surface area contributed by atoms with Crippen molar-refractivity contribution in [3.8, 4) is 16.9 Å². The minimum absolute atomic E-state index is 0.00245. The van der Waals surface area contributed by atoms with Gasteiger partial charge in [-0.3, -0.25) is 4.79 Å². The Balaban J connectivity index is 1.84. The maximum atomic E-state index is 13.7. The van der Waals surface area contributed by atoms with E-state index < -0.39 is 17.3 Å². The molecule has 1 heterocycles. The van der Waals surface area contributed by atoms with Gasteiger partial charge in [-0.05, 0) is 67.5 Å². The Labute approximate surface area is 180 Å². The SMILES string of the molecule is CC(C)C[C@](C)(N)COc1ccc(-c2ccnc(NC(=O)C3CC3)c2)cc1C(F)(F)F. The van der Waals surface area contributed by atoms with Gasteiger partial charge in [-0.2, -0.15) is 13.2 Å². The van der Waals surface area contributed by atoms with Crippen LogP contribution in [0.3, 0.4) is 0 Å². The zero-order chi connectivity index (χ0) is 22.8. The van der Waals surface area contributed by atoms with Gasteiger partial charge in [0.1, 0.15) is 18.2 Å². The lowest BCUT2D eigenvalue weighted by Gasteiger charge is -2.27. The Kier molecular flexibility index (Phi) is 6.59. The second kappa shape index (κ2) is 8.86. The first-order chi connectivity index (χ1) is 14.4. The van der Waals surface area contributed by atoms with E-state index >= 15 is 0 Å². The van der Waals surface area contributed by atoms with E-state index in [0.29, 0.717) is 29.3 Å². The topological polar surface area (TPSA) is 77.2 Å². The largest absolute Gasteiger partial charge is 0.491 e. The van der Waals surface area contributed by atoms with E-state index in [4.69, 9.17) is 10.5 Å². The number of hydrogen-bond donors (Lipinski definition) is 2. The van der Waals surface area contributed by atoms with E-state index in [1.165, 1.54) is 12.3 Å². The maximum Gasteiger partial charge on any atom is 0.419 e. The molecule has 1 atom stereocenters. The molecule has 1 aromatic carbocycles. The Hall–Kier alpha value is -2.61. The lowest BCUT2D eigenvalue weighted by atomic mass is 9.93. The van der Waals surface area contributed by atoms with Crippen LogP contribution in [0, 0.1) is 11.8 Å². The van der Waals surface area contributed by atoms with Crippen LogP contribution in [0.1, 0.15) is 45.6 Å². The van der Waals surface area contributed by atoms with Gasteiger partial charge >= 0.3 is 6.18 Å². The normalized spacial score (nSPS) is 16.1. The fourth-order valence-electron chi connectivity index (χ4n) is 3.54. The Morgan fingerprint density at radius 1 is 1.23 bits per heavy atom. The fourth-order valence-corrected chi connectivity index (χ4v) is 3.54. The highest BCUT2D eigenvalue weighted by Crippen LogP contribution is 2.39. The molecule has 1 aliphatic carbocycles. The zero-order valence-corrected chi connectivity index (χ0v) is 17.9. The molecule has 1 saturated carbocycles. The van der Waals surface area contributed by atoms with Crippen LogP contribution in [-0.4, -0.2) is 23.0 Å². The van der Waals surface area contributed by atoms with Crippen LogP contribution in [0.25, 0.3) is 11.1 Å². The number of carbonyl (C=O) groups excluding carboxylic acids is 1. The lowest BCUT2D eigenvalue weighted by Crippen LogP contribution is -2.43. The molecule has 5 nitrogen and oxygen atoms in total. The third-order valence-corrected chi connectivity index (χ3v) is 5.01. The molecule has 168 valence electrons. The molecule has 0 saturated heterocycles. The Bertz CT molecular complexity index is 938. The number of rotatable bonds is 8. The van der Waals surface area contributed by atoms with Gasteiger partial charge in [0.25, 0.3) is 0 Å². The van der Waals surface area contributed by atoms with Gasteiger partial charge in [-0.15, -0.1) is 0 Å². The number of amides is 1. The first-order valence-corrected chi connectivity index (χ1v) is 10.3. The van der Waals surface area contributed by atoms with Crippen molar-refractivity contribution in [2.75, 3.05) is 11.9 Å². The van der Waals surface area contributed by atoms with Gasteiger partial charge in [0.15, 0.2) is 0 Å². The number of anilines is 1. The van der Waals surface area contributed by atoms with Gasteiger partial charge in [0.2, 0.25) is 5.91 Å². The highest BCUT2D eigenvalue weighted by atomic mass is 19.4. The number of nitrogens with one attached hydrogen (secondary N) is 1. The van der Waals surface area contributed by atoms with Crippen LogP contribution < -0.4 is 15.8 Å². The molecular formula is C23H28F3N3O2. The lowest BCUT2D eigenvalue weighted by molar-refractivity contribution is -0.139. The standard InChI is InChI=1S/C23H28F3N3O2/c1-14(2)12-22(3,27)13-31-19-7-6-16(10-18(19)23(24,25)26)17-8-9-28-20(11-17)29-21(30)15-4-5-15/h6-11,14-15H,4-5,12-13,27H2,1-3H3,(H,28,29,30)/t22-/m0/s1. The van der Waals surface area contributed by atoms with E-state index in [1.54, 1.807) is 25.1 Å². The molecule has 0 unspecified atom stereocenters. The van der Waals surface area contributed by atoms with Crippen LogP contribution in [0.15, 0.2) is 36.5 Å². The van der Waals surface area contributed by atoms with Crippen LogP contribution in [-0.2, 0) is 11.0 Å². The number of hydrogen-bond acceptors (Lipinski definition) is 4. The van der Waals surface area contributed by atoms with E-state index in [2.05, 4.69) is 10.3 Å². The van der Waals surface area contributed by atoms with Crippen molar-refractivity contribution >= 4 is 11.7 Å². The third-order valence-electron chi connectivity index (χ3n) is 5.01. The monoisotopic (exact) mass is 435 g/mol. The average Bonchev–Trinajstić information content (AvgIpc) is 3.50. The fraction of sp³-hybridized carbons (Fsp3) is 0.478. The number of ether oxygens (including phenoxy) is 1. The van der Waals surface area contributed by atoms with Gasteiger partial charge < -0.3 is 15.8 Å². The number of pyridine rings is 1. The highest BCUT2D eigenvalue weighted by Gasteiger charge is 2.35. The molecule has 8 heteroatoms. The summed E-state index contributed by atoms with van der Waals surface area (Å²) < 4.78 is 46.7. The van der Waals surface area contributed by atoms with Crippen LogP contribution >= 0.6 is 0 Å². The van der Waals surface area contributed by atoms with Crippen molar-refractivity contribution in [1.82, 2.24) is 4.98 Å². The Morgan fingerprint density at radius 2 is 1.90 bits per heavy atom. The van der Waals surface area contributed by atoms with Crippen molar-refractivity contribution in [2.24, 2.45) is 17.6 Å². The van der Waals surface area contributed by atoms with Crippen LogP contribution in [0.4, 0.5) is 19.0 Å². The molecule has 3 rings (SSSR count). The summed E-state index contributed by atoms with van der Waals surface area (Å²) in [6, 6.07) is 7.08. The summed E-state index contributed by atoms with van der Waals surface area (Å²) in [7, 11) is 0. The number of aromatic nitrogens is 1. The molecule has 1 fully saturated rings. The van der Waals surface area contributed by atoms with Gasteiger partial charge in [0.05, 0.1) is 5.56 Å².